The average Bonchev–Trinajstić information content (AvgIpc) is 3.19. The molecule has 150 valence electrons. The summed E-state index contributed by atoms with van der Waals surface area (Å²) in [6.07, 6.45) is 0. The lowest BCUT2D eigenvalue weighted by Gasteiger charge is -2.10. The van der Waals surface area contributed by atoms with Crippen LogP contribution >= 0.6 is 11.8 Å². The van der Waals surface area contributed by atoms with Crippen molar-refractivity contribution >= 4 is 34.5 Å². The standard InChI is InChI=1S/C22H17N3O4S/c26-21(23-13-15-7-2-5-11-19(15)25(27)28)17-9-3-1-8-16(17)14-30-22-24-18-10-4-6-12-20(18)29-22/h1-12H,13-14H2,(H,23,26). The third kappa shape index (κ3) is 4.33. The first-order valence-electron chi connectivity index (χ1n) is 9.18. The third-order valence-electron chi connectivity index (χ3n) is 4.52. The van der Waals surface area contributed by atoms with Gasteiger partial charge in [-0.05, 0) is 23.8 Å². The summed E-state index contributed by atoms with van der Waals surface area (Å²) in [6.45, 7) is 0.0720. The Kier molecular flexibility index (Phi) is 5.76. The highest BCUT2D eigenvalue weighted by atomic mass is 32.2. The zero-order valence-corrected chi connectivity index (χ0v) is 16.6. The molecule has 1 N–H and O–H groups in total. The summed E-state index contributed by atoms with van der Waals surface area (Å²) in [7, 11) is 0. The van der Waals surface area contributed by atoms with Crippen molar-refractivity contribution in [3.05, 3.63) is 99.6 Å². The molecule has 1 aromatic heterocycles. The topological polar surface area (TPSA) is 98.3 Å². The maximum atomic E-state index is 12.7. The van der Waals surface area contributed by atoms with Gasteiger partial charge in [0.25, 0.3) is 16.8 Å². The van der Waals surface area contributed by atoms with E-state index in [0.717, 1.165) is 16.7 Å². The van der Waals surface area contributed by atoms with E-state index >= 15 is 0 Å². The molecular weight excluding hydrogens is 402 g/mol. The third-order valence-corrected chi connectivity index (χ3v) is 5.39. The van der Waals surface area contributed by atoms with Crippen molar-refractivity contribution in [1.29, 1.82) is 0 Å². The number of aromatic nitrogens is 1. The number of nitro groups is 1. The lowest BCUT2D eigenvalue weighted by molar-refractivity contribution is -0.385. The van der Waals surface area contributed by atoms with Gasteiger partial charge < -0.3 is 9.73 Å². The monoisotopic (exact) mass is 419 g/mol. The molecule has 7 nitrogen and oxygen atoms in total. The molecule has 4 rings (SSSR count). The van der Waals surface area contributed by atoms with Gasteiger partial charge in [0.2, 0.25) is 0 Å². The number of nitrogens with zero attached hydrogens (tertiary/aromatic N) is 2. The molecule has 0 aliphatic rings. The number of fused-ring (bicyclic) bond motifs is 1. The first-order valence-corrected chi connectivity index (χ1v) is 10.2. The number of carbonyl (C=O) groups excluding carboxylic acids is 1. The van der Waals surface area contributed by atoms with Crippen LogP contribution in [0.4, 0.5) is 5.69 Å². The van der Waals surface area contributed by atoms with Gasteiger partial charge in [-0.1, -0.05) is 60.3 Å². The molecule has 30 heavy (non-hydrogen) atoms. The normalized spacial score (nSPS) is 10.8. The highest BCUT2D eigenvalue weighted by molar-refractivity contribution is 7.98. The molecule has 1 amide bonds. The van der Waals surface area contributed by atoms with E-state index in [0.29, 0.717) is 22.1 Å². The van der Waals surface area contributed by atoms with Gasteiger partial charge in [-0.2, -0.15) is 0 Å². The molecule has 0 bridgehead atoms. The first kappa shape index (κ1) is 19.7. The van der Waals surface area contributed by atoms with E-state index in [1.165, 1.54) is 17.8 Å². The summed E-state index contributed by atoms with van der Waals surface area (Å²) >= 11 is 1.40. The van der Waals surface area contributed by atoms with Crippen LogP contribution in [-0.4, -0.2) is 15.8 Å². The number of oxazole rings is 1. The number of hydrogen-bond donors (Lipinski definition) is 1. The van der Waals surface area contributed by atoms with Crippen LogP contribution in [-0.2, 0) is 12.3 Å². The minimum atomic E-state index is -0.452. The van der Waals surface area contributed by atoms with Crippen LogP contribution in [0.25, 0.3) is 11.1 Å². The Balaban J connectivity index is 1.46. The van der Waals surface area contributed by atoms with Crippen LogP contribution in [0.2, 0.25) is 0 Å². The Morgan fingerprint density at radius 1 is 1.00 bits per heavy atom. The van der Waals surface area contributed by atoms with Crippen LogP contribution in [0.15, 0.2) is 82.4 Å². The highest BCUT2D eigenvalue weighted by Crippen LogP contribution is 2.27. The van der Waals surface area contributed by atoms with Gasteiger partial charge in [0, 0.05) is 29.5 Å². The zero-order chi connectivity index (χ0) is 20.9. The molecule has 0 spiro atoms. The molecule has 0 aliphatic heterocycles. The van der Waals surface area contributed by atoms with E-state index in [1.807, 2.05) is 36.4 Å². The van der Waals surface area contributed by atoms with Crippen LogP contribution in [0.3, 0.4) is 0 Å². The van der Waals surface area contributed by atoms with E-state index in [1.54, 1.807) is 30.3 Å². The van der Waals surface area contributed by atoms with E-state index < -0.39 is 4.92 Å². The summed E-state index contributed by atoms with van der Waals surface area (Å²) in [5.41, 5.74) is 3.28. The predicted molar refractivity (Wildman–Crippen MR) is 114 cm³/mol. The molecule has 0 saturated heterocycles. The SMILES string of the molecule is O=C(NCc1ccccc1[N+](=O)[O-])c1ccccc1CSc1nc2ccccc2o1. The minimum absolute atomic E-state index is 0.0161. The number of hydrogen-bond acceptors (Lipinski definition) is 6. The van der Waals surface area contributed by atoms with Gasteiger partial charge in [0.05, 0.1) is 4.92 Å². The Morgan fingerprint density at radius 3 is 2.50 bits per heavy atom. The average molecular weight is 419 g/mol. The van der Waals surface area contributed by atoms with Gasteiger partial charge in [-0.25, -0.2) is 4.98 Å². The summed E-state index contributed by atoms with van der Waals surface area (Å²) in [5, 5.41) is 14.5. The molecule has 0 unspecified atom stereocenters. The van der Waals surface area contributed by atoms with E-state index in [9.17, 15) is 14.9 Å². The second kappa shape index (κ2) is 8.79. The molecule has 0 fully saturated rings. The number of benzene rings is 3. The van der Waals surface area contributed by atoms with Crippen molar-refractivity contribution in [1.82, 2.24) is 10.3 Å². The Bertz CT molecular complexity index is 1190. The summed E-state index contributed by atoms with van der Waals surface area (Å²) in [6, 6.07) is 21.1. The van der Waals surface area contributed by atoms with Crippen LogP contribution in [0.1, 0.15) is 21.5 Å². The lowest BCUT2D eigenvalue weighted by Crippen LogP contribution is -2.24. The smallest absolute Gasteiger partial charge is 0.274 e. The fourth-order valence-corrected chi connectivity index (χ4v) is 3.87. The highest BCUT2D eigenvalue weighted by Gasteiger charge is 2.16. The summed E-state index contributed by atoms with van der Waals surface area (Å²) < 4.78 is 5.72. The van der Waals surface area contributed by atoms with Gasteiger partial charge in [-0.15, -0.1) is 0 Å². The molecule has 8 heteroatoms. The number of para-hydroxylation sites is 3. The fraction of sp³-hybridized carbons (Fsp3) is 0.0909. The van der Waals surface area contributed by atoms with Gasteiger partial charge in [-0.3, -0.25) is 14.9 Å². The zero-order valence-electron chi connectivity index (χ0n) is 15.8. The summed E-state index contributed by atoms with van der Waals surface area (Å²) in [4.78, 5) is 27.9. The maximum absolute atomic E-state index is 12.7. The predicted octanol–water partition coefficient (Wildman–Crippen LogP) is 4.96. The van der Waals surface area contributed by atoms with Gasteiger partial charge in [0.1, 0.15) is 5.52 Å². The van der Waals surface area contributed by atoms with E-state index in [4.69, 9.17) is 4.42 Å². The minimum Gasteiger partial charge on any atom is -0.431 e. The summed E-state index contributed by atoms with van der Waals surface area (Å²) in [5.74, 6) is 0.212. The largest absolute Gasteiger partial charge is 0.431 e. The van der Waals surface area contributed by atoms with E-state index in [-0.39, 0.29) is 18.1 Å². The Labute approximate surface area is 176 Å². The molecule has 0 saturated carbocycles. The van der Waals surface area contributed by atoms with Crippen molar-refractivity contribution < 1.29 is 14.1 Å². The number of rotatable bonds is 7. The van der Waals surface area contributed by atoms with Crippen molar-refractivity contribution in [2.45, 2.75) is 17.5 Å². The number of nitro benzene ring substituents is 1. The lowest BCUT2D eigenvalue weighted by atomic mass is 10.1. The van der Waals surface area contributed by atoms with Gasteiger partial charge in [0.15, 0.2) is 5.58 Å². The van der Waals surface area contributed by atoms with Crippen LogP contribution < -0.4 is 5.32 Å². The second-order valence-electron chi connectivity index (χ2n) is 6.46. The molecular formula is C22H17N3O4S. The Morgan fingerprint density at radius 2 is 1.70 bits per heavy atom. The molecule has 1 heterocycles. The first-order chi connectivity index (χ1) is 14.6. The number of amides is 1. The number of thioether (sulfide) groups is 1. The van der Waals surface area contributed by atoms with Crippen molar-refractivity contribution in [2.24, 2.45) is 0 Å². The van der Waals surface area contributed by atoms with Crippen molar-refractivity contribution in [3.8, 4) is 0 Å². The number of nitrogens with one attached hydrogen (secondary N) is 1. The van der Waals surface area contributed by atoms with Crippen LogP contribution in [0.5, 0.6) is 0 Å². The molecule has 0 atom stereocenters. The quantitative estimate of drug-likeness (QED) is 0.258. The molecule has 0 radical (unpaired) electrons. The maximum Gasteiger partial charge on any atom is 0.274 e. The van der Waals surface area contributed by atoms with Crippen molar-refractivity contribution in [3.63, 3.8) is 0 Å². The van der Waals surface area contributed by atoms with E-state index in [2.05, 4.69) is 10.3 Å². The number of carbonyl (C=O) groups is 1. The molecule has 4 aromatic rings. The van der Waals surface area contributed by atoms with Gasteiger partial charge >= 0.3 is 0 Å². The fourth-order valence-electron chi connectivity index (χ4n) is 3.03. The van der Waals surface area contributed by atoms with Crippen LogP contribution in [0, 0.1) is 10.1 Å². The second-order valence-corrected chi connectivity index (χ2v) is 7.39. The molecule has 0 aliphatic carbocycles. The molecule has 3 aromatic carbocycles. The Hall–Kier alpha value is -3.65. The van der Waals surface area contributed by atoms with Crippen molar-refractivity contribution in [2.75, 3.05) is 0 Å².